The molecule has 98 valence electrons. The molecule has 2 aliphatic rings. The van der Waals surface area contributed by atoms with Gasteiger partial charge in [0.25, 0.3) is 0 Å². The maximum Gasteiger partial charge on any atom is 0.191 e. The van der Waals surface area contributed by atoms with Crippen LogP contribution in [0.4, 0.5) is 0 Å². The van der Waals surface area contributed by atoms with Crippen LogP contribution in [0.2, 0.25) is 0 Å². The van der Waals surface area contributed by atoms with Gasteiger partial charge in [-0.3, -0.25) is 4.99 Å². The van der Waals surface area contributed by atoms with Gasteiger partial charge in [-0.2, -0.15) is 0 Å². The SMILES string of the molecule is NC(=NCCCOCC1CC1)N1CCOCC1. The van der Waals surface area contributed by atoms with Gasteiger partial charge in [-0.15, -0.1) is 0 Å². The highest BCUT2D eigenvalue weighted by atomic mass is 16.5. The van der Waals surface area contributed by atoms with Crippen LogP contribution in [0.1, 0.15) is 19.3 Å². The van der Waals surface area contributed by atoms with E-state index in [9.17, 15) is 0 Å². The Morgan fingerprint density at radius 3 is 2.82 bits per heavy atom. The summed E-state index contributed by atoms with van der Waals surface area (Å²) in [5.41, 5.74) is 5.90. The van der Waals surface area contributed by atoms with Crippen LogP contribution in [-0.4, -0.2) is 56.9 Å². The predicted molar refractivity (Wildman–Crippen MR) is 67.0 cm³/mol. The van der Waals surface area contributed by atoms with Crippen molar-refractivity contribution in [2.24, 2.45) is 16.6 Å². The fourth-order valence-electron chi connectivity index (χ4n) is 1.79. The molecule has 5 nitrogen and oxygen atoms in total. The molecule has 2 N–H and O–H groups in total. The van der Waals surface area contributed by atoms with Crippen molar-refractivity contribution in [2.75, 3.05) is 46.1 Å². The number of nitrogens with two attached hydrogens (primary N) is 1. The van der Waals surface area contributed by atoms with Gasteiger partial charge in [0, 0.05) is 32.8 Å². The summed E-state index contributed by atoms with van der Waals surface area (Å²) in [5.74, 6) is 1.49. The van der Waals surface area contributed by atoms with Crippen LogP contribution >= 0.6 is 0 Å². The zero-order chi connectivity index (χ0) is 11.9. The Bertz CT molecular complexity index is 248. The summed E-state index contributed by atoms with van der Waals surface area (Å²) in [6, 6.07) is 0. The van der Waals surface area contributed by atoms with E-state index in [0.29, 0.717) is 5.96 Å². The smallest absolute Gasteiger partial charge is 0.191 e. The Morgan fingerprint density at radius 2 is 2.12 bits per heavy atom. The lowest BCUT2D eigenvalue weighted by Gasteiger charge is -2.27. The van der Waals surface area contributed by atoms with E-state index >= 15 is 0 Å². The lowest BCUT2D eigenvalue weighted by atomic mass is 10.4. The van der Waals surface area contributed by atoms with E-state index in [1.54, 1.807) is 0 Å². The summed E-state index contributed by atoms with van der Waals surface area (Å²) in [6.07, 6.45) is 3.65. The van der Waals surface area contributed by atoms with Crippen LogP contribution in [0.15, 0.2) is 4.99 Å². The molecule has 1 aliphatic carbocycles. The van der Waals surface area contributed by atoms with Crippen molar-refractivity contribution in [3.63, 3.8) is 0 Å². The number of hydrogen-bond acceptors (Lipinski definition) is 3. The van der Waals surface area contributed by atoms with Gasteiger partial charge >= 0.3 is 0 Å². The van der Waals surface area contributed by atoms with Crippen molar-refractivity contribution < 1.29 is 9.47 Å². The van der Waals surface area contributed by atoms with E-state index in [1.807, 2.05) is 0 Å². The fraction of sp³-hybridized carbons (Fsp3) is 0.917. The number of guanidine groups is 1. The fourth-order valence-corrected chi connectivity index (χ4v) is 1.79. The molecule has 1 saturated heterocycles. The minimum absolute atomic E-state index is 0.649. The Morgan fingerprint density at radius 1 is 1.35 bits per heavy atom. The van der Waals surface area contributed by atoms with Crippen LogP contribution in [0.5, 0.6) is 0 Å². The summed E-state index contributed by atoms with van der Waals surface area (Å²) in [5, 5.41) is 0. The maximum atomic E-state index is 5.90. The van der Waals surface area contributed by atoms with E-state index < -0.39 is 0 Å². The third-order valence-electron chi connectivity index (χ3n) is 3.11. The van der Waals surface area contributed by atoms with Crippen molar-refractivity contribution in [3.05, 3.63) is 0 Å². The standard InChI is InChI=1S/C12H23N3O2/c13-12(15-5-8-16-9-6-15)14-4-1-7-17-10-11-2-3-11/h11H,1-10H2,(H2,13,14). The van der Waals surface area contributed by atoms with Crippen molar-refractivity contribution in [1.82, 2.24) is 4.90 Å². The molecule has 1 saturated carbocycles. The monoisotopic (exact) mass is 241 g/mol. The zero-order valence-electron chi connectivity index (χ0n) is 10.4. The zero-order valence-corrected chi connectivity index (χ0v) is 10.4. The topological polar surface area (TPSA) is 60.1 Å². The normalized spacial score (nSPS) is 21.9. The van der Waals surface area contributed by atoms with Crippen molar-refractivity contribution >= 4 is 5.96 Å². The molecular weight excluding hydrogens is 218 g/mol. The van der Waals surface area contributed by atoms with Gasteiger partial charge in [-0.1, -0.05) is 0 Å². The molecule has 0 aromatic heterocycles. The average Bonchev–Trinajstić information content (AvgIpc) is 3.18. The second-order valence-electron chi connectivity index (χ2n) is 4.71. The summed E-state index contributed by atoms with van der Waals surface area (Å²) in [4.78, 5) is 6.44. The highest BCUT2D eigenvalue weighted by Gasteiger charge is 2.20. The first-order chi connectivity index (χ1) is 8.36. The molecule has 2 fully saturated rings. The Balaban J connectivity index is 1.51. The van der Waals surface area contributed by atoms with Crippen molar-refractivity contribution in [3.8, 4) is 0 Å². The van der Waals surface area contributed by atoms with Crippen LogP contribution in [0.25, 0.3) is 0 Å². The van der Waals surface area contributed by atoms with Gasteiger partial charge in [0.1, 0.15) is 0 Å². The van der Waals surface area contributed by atoms with E-state index in [1.165, 1.54) is 12.8 Å². The number of rotatable bonds is 6. The Hall–Kier alpha value is -0.810. The summed E-state index contributed by atoms with van der Waals surface area (Å²) in [7, 11) is 0. The van der Waals surface area contributed by atoms with Gasteiger partial charge < -0.3 is 20.1 Å². The van der Waals surface area contributed by atoms with Gasteiger partial charge in [0.05, 0.1) is 13.2 Å². The highest BCUT2D eigenvalue weighted by Crippen LogP contribution is 2.28. The molecule has 0 spiro atoms. The van der Waals surface area contributed by atoms with Gasteiger partial charge in [0.15, 0.2) is 5.96 Å². The maximum absolute atomic E-state index is 5.90. The minimum Gasteiger partial charge on any atom is -0.381 e. The van der Waals surface area contributed by atoms with Crippen molar-refractivity contribution in [1.29, 1.82) is 0 Å². The molecule has 2 rings (SSSR count). The van der Waals surface area contributed by atoms with Crippen molar-refractivity contribution in [2.45, 2.75) is 19.3 Å². The third kappa shape index (κ3) is 4.91. The molecule has 17 heavy (non-hydrogen) atoms. The Kier molecular flexibility index (Phi) is 5.07. The number of hydrogen-bond donors (Lipinski definition) is 1. The minimum atomic E-state index is 0.649. The largest absolute Gasteiger partial charge is 0.381 e. The molecule has 0 amide bonds. The lowest BCUT2D eigenvalue weighted by Crippen LogP contribution is -2.44. The van der Waals surface area contributed by atoms with Crippen LogP contribution in [0.3, 0.4) is 0 Å². The summed E-state index contributed by atoms with van der Waals surface area (Å²) < 4.78 is 10.8. The van der Waals surface area contributed by atoms with E-state index in [-0.39, 0.29) is 0 Å². The molecular formula is C12H23N3O2. The lowest BCUT2D eigenvalue weighted by molar-refractivity contribution is 0.0673. The summed E-state index contributed by atoms with van der Waals surface area (Å²) in [6.45, 7) is 5.70. The number of morpholine rings is 1. The first-order valence-corrected chi connectivity index (χ1v) is 6.56. The third-order valence-corrected chi connectivity index (χ3v) is 3.11. The first kappa shape index (κ1) is 12.6. The Labute approximate surface area is 103 Å². The van der Waals surface area contributed by atoms with Gasteiger partial charge in [-0.05, 0) is 25.2 Å². The molecule has 0 aromatic rings. The second kappa shape index (κ2) is 6.81. The van der Waals surface area contributed by atoms with Gasteiger partial charge in [-0.25, -0.2) is 0 Å². The van der Waals surface area contributed by atoms with Gasteiger partial charge in [0.2, 0.25) is 0 Å². The highest BCUT2D eigenvalue weighted by molar-refractivity contribution is 5.78. The second-order valence-corrected chi connectivity index (χ2v) is 4.71. The van der Waals surface area contributed by atoms with Crippen LogP contribution in [0, 0.1) is 5.92 Å². The molecule has 0 unspecified atom stereocenters. The van der Waals surface area contributed by atoms with Crippen LogP contribution < -0.4 is 5.73 Å². The average molecular weight is 241 g/mol. The predicted octanol–water partition coefficient (Wildman–Crippen LogP) is 0.450. The summed E-state index contributed by atoms with van der Waals surface area (Å²) >= 11 is 0. The molecule has 5 heteroatoms. The van der Waals surface area contributed by atoms with E-state index in [0.717, 1.165) is 58.4 Å². The molecule has 1 aliphatic heterocycles. The molecule has 0 bridgehead atoms. The van der Waals surface area contributed by atoms with E-state index in [4.69, 9.17) is 15.2 Å². The molecule has 1 heterocycles. The molecule has 0 aromatic carbocycles. The van der Waals surface area contributed by atoms with E-state index in [2.05, 4.69) is 9.89 Å². The molecule has 0 atom stereocenters. The number of nitrogens with zero attached hydrogens (tertiary/aromatic N) is 2. The first-order valence-electron chi connectivity index (χ1n) is 6.56. The quantitative estimate of drug-likeness (QED) is 0.417. The number of ether oxygens (including phenoxy) is 2. The molecule has 0 radical (unpaired) electrons. The number of aliphatic imine (C=N–C) groups is 1. The van der Waals surface area contributed by atoms with Crippen LogP contribution in [-0.2, 0) is 9.47 Å².